The molecule has 0 spiro atoms. The molecule has 0 aromatic heterocycles. The van der Waals surface area contributed by atoms with Crippen LogP contribution in [0.25, 0.3) is 11.1 Å². The van der Waals surface area contributed by atoms with Gasteiger partial charge in [0, 0.05) is 32.3 Å². The molecule has 6 aromatic carbocycles. The minimum absolute atomic E-state index is 0.816. The highest BCUT2D eigenvalue weighted by atomic mass is 31.1. The summed E-state index contributed by atoms with van der Waals surface area (Å²) in [7, 11) is 4.26. The second kappa shape index (κ2) is 17.4. The zero-order valence-corrected chi connectivity index (χ0v) is 34.3. The Morgan fingerprint density at radius 2 is 0.625 bits per heavy atom. The molecule has 6 nitrogen and oxygen atoms in total. The molecule has 0 radical (unpaired) electrons. The smallest absolute Gasteiger partial charge is 0.150 e. The first-order valence-corrected chi connectivity index (χ1v) is 21.9. The second-order valence-electron chi connectivity index (χ2n) is 14.1. The molecule has 0 amide bonds. The van der Waals surface area contributed by atoms with Crippen molar-refractivity contribution in [2.75, 3.05) is 28.4 Å². The van der Waals surface area contributed by atoms with E-state index in [1.54, 1.807) is 28.4 Å². The van der Waals surface area contributed by atoms with Gasteiger partial charge in [-0.1, -0.05) is 12.1 Å². The summed E-state index contributed by atoms with van der Waals surface area (Å²) in [5, 5.41) is 4.40. The molecule has 0 N–H and O–H groups in total. The predicted octanol–water partition coefficient (Wildman–Crippen LogP) is 10.00. The van der Waals surface area contributed by atoms with Crippen LogP contribution in [-0.2, 0) is 25.7 Å². The summed E-state index contributed by atoms with van der Waals surface area (Å²) in [5.74, 6) is 5.05. The number of aryl methyl sites for hydroxylation is 2. The van der Waals surface area contributed by atoms with Crippen molar-refractivity contribution in [3.05, 3.63) is 144 Å². The lowest BCUT2D eigenvalue weighted by molar-refractivity contribution is 0.415. The van der Waals surface area contributed by atoms with Crippen LogP contribution in [0, 0.1) is 0 Å². The van der Waals surface area contributed by atoms with Gasteiger partial charge in [-0.2, -0.15) is 0 Å². The first-order valence-electron chi connectivity index (χ1n) is 19.4. The van der Waals surface area contributed by atoms with Gasteiger partial charge in [0.2, 0.25) is 0 Å². The molecule has 286 valence electrons. The van der Waals surface area contributed by atoms with Crippen LogP contribution >= 0.6 is 16.3 Å². The Morgan fingerprint density at radius 3 is 0.911 bits per heavy atom. The number of benzene rings is 6. The molecule has 0 heterocycles. The quantitative estimate of drug-likeness (QED) is 0.109. The van der Waals surface area contributed by atoms with Gasteiger partial charge in [-0.05, 0) is 183 Å². The molecular formula is C48H48O6P2. The van der Waals surface area contributed by atoms with Crippen LogP contribution in [0.5, 0.6) is 34.5 Å². The standard InChI is InChI=1S/C48H48O6P2/c1-49-35-15-23-39(24-16-35)55(40-25-17-36(50-2)18-26-40)53-45-31-13-33-9-5-7-11-43(33)47(45)48-44-12-8-6-10-34(44)14-32-46(48)54-56(41-27-19-37(51-3)20-28-41)42-29-21-38(52-4)22-30-42/h13-32H,5-12H2,1-4H3. The van der Waals surface area contributed by atoms with Crippen LogP contribution in [0.15, 0.2) is 121 Å². The highest BCUT2D eigenvalue weighted by Gasteiger charge is 2.30. The molecule has 6 aromatic rings. The van der Waals surface area contributed by atoms with Gasteiger partial charge in [0.1, 0.15) is 34.5 Å². The van der Waals surface area contributed by atoms with Crippen molar-refractivity contribution in [1.82, 2.24) is 0 Å². The molecule has 2 aliphatic carbocycles. The average Bonchev–Trinajstić information content (AvgIpc) is 3.27. The van der Waals surface area contributed by atoms with Crippen LogP contribution in [0.2, 0.25) is 0 Å². The third-order valence-corrected chi connectivity index (χ3v) is 14.7. The maximum atomic E-state index is 7.46. The fraction of sp³-hybridized carbons (Fsp3) is 0.250. The van der Waals surface area contributed by atoms with Gasteiger partial charge in [0.15, 0.2) is 16.3 Å². The number of hydrogen-bond acceptors (Lipinski definition) is 6. The Kier molecular flexibility index (Phi) is 11.8. The van der Waals surface area contributed by atoms with Crippen LogP contribution < -0.4 is 49.2 Å². The third-order valence-electron chi connectivity index (χ3n) is 10.8. The van der Waals surface area contributed by atoms with Gasteiger partial charge < -0.3 is 28.0 Å². The SMILES string of the molecule is COc1ccc(P(Oc2ccc3c(c2-c2c(OP(c4ccc(OC)cc4)c4ccc(OC)cc4)ccc4c2CCCC4)CCCC3)c2ccc(OC)cc2)cc1. The second-order valence-corrected chi connectivity index (χ2v) is 17.7. The number of ether oxygens (including phenoxy) is 4. The Balaban J connectivity index is 1.31. The number of fused-ring (bicyclic) bond motifs is 2. The van der Waals surface area contributed by atoms with E-state index in [-0.39, 0.29) is 0 Å². The maximum absolute atomic E-state index is 7.46. The minimum Gasteiger partial charge on any atom is -0.497 e. The van der Waals surface area contributed by atoms with Crippen LogP contribution in [0.4, 0.5) is 0 Å². The van der Waals surface area contributed by atoms with Crippen molar-refractivity contribution in [1.29, 1.82) is 0 Å². The zero-order valence-electron chi connectivity index (χ0n) is 32.5. The van der Waals surface area contributed by atoms with Gasteiger partial charge in [-0.25, -0.2) is 0 Å². The lowest BCUT2D eigenvalue weighted by atomic mass is 9.80. The van der Waals surface area contributed by atoms with Crippen molar-refractivity contribution in [3.8, 4) is 45.6 Å². The van der Waals surface area contributed by atoms with Crippen LogP contribution in [0.3, 0.4) is 0 Å². The van der Waals surface area contributed by atoms with Gasteiger partial charge in [0.25, 0.3) is 0 Å². The molecule has 0 aliphatic heterocycles. The Bertz CT molecular complexity index is 2000. The molecule has 0 fully saturated rings. The summed E-state index contributed by atoms with van der Waals surface area (Å²) in [6, 6.07) is 42.2. The molecule has 0 saturated carbocycles. The van der Waals surface area contributed by atoms with Crippen molar-refractivity contribution in [3.63, 3.8) is 0 Å². The van der Waals surface area contributed by atoms with Crippen molar-refractivity contribution >= 4 is 37.5 Å². The lowest BCUT2D eigenvalue weighted by Crippen LogP contribution is -2.18. The number of hydrogen-bond donors (Lipinski definition) is 0. The summed E-state index contributed by atoms with van der Waals surface area (Å²) in [4.78, 5) is 0. The summed E-state index contributed by atoms with van der Waals surface area (Å²) >= 11 is 0. The molecule has 8 heteroatoms. The van der Waals surface area contributed by atoms with Gasteiger partial charge in [0.05, 0.1) is 28.4 Å². The molecule has 0 unspecified atom stereocenters. The largest absolute Gasteiger partial charge is 0.497 e. The first-order chi connectivity index (χ1) is 27.6. The lowest BCUT2D eigenvalue weighted by Gasteiger charge is -2.30. The molecule has 0 bridgehead atoms. The Morgan fingerprint density at radius 1 is 0.339 bits per heavy atom. The van der Waals surface area contributed by atoms with Crippen LogP contribution in [-0.4, -0.2) is 28.4 Å². The summed E-state index contributed by atoms with van der Waals surface area (Å²) in [6.07, 6.45) is 8.78. The van der Waals surface area contributed by atoms with Gasteiger partial charge >= 0.3 is 0 Å². The number of methoxy groups -OCH3 is 4. The number of rotatable bonds is 13. The van der Waals surface area contributed by atoms with E-state index < -0.39 is 16.3 Å². The maximum Gasteiger partial charge on any atom is 0.150 e. The molecule has 0 atom stereocenters. The first kappa shape index (κ1) is 37.9. The van der Waals surface area contributed by atoms with E-state index in [1.165, 1.54) is 46.2 Å². The average molecular weight is 783 g/mol. The van der Waals surface area contributed by atoms with Crippen LogP contribution in [0.1, 0.15) is 47.9 Å². The highest BCUT2D eigenvalue weighted by Crippen LogP contribution is 2.52. The summed E-state index contributed by atoms with van der Waals surface area (Å²) < 4.78 is 37.1. The summed E-state index contributed by atoms with van der Waals surface area (Å²) in [6.45, 7) is 0. The fourth-order valence-electron chi connectivity index (χ4n) is 7.89. The molecule has 56 heavy (non-hydrogen) atoms. The molecule has 2 aliphatic rings. The molecular weight excluding hydrogens is 734 g/mol. The van der Waals surface area contributed by atoms with E-state index in [0.717, 1.165) is 94.2 Å². The molecule has 8 rings (SSSR count). The van der Waals surface area contributed by atoms with Crippen molar-refractivity contribution < 1.29 is 28.0 Å². The van der Waals surface area contributed by atoms with E-state index in [0.29, 0.717) is 0 Å². The normalized spacial score (nSPS) is 13.5. The highest BCUT2D eigenvalue weighted by molar-refractivity contribution is 7.69. The van der Waals surface area contributed by atoms with E-state index >= 15 is 0 Å². The fourth-order valence-corrected chi connectivity index (χ4v) is 11.3. The zero-order chi connectivity index (χ0) is 38.4. The Hall–Kier alpha value is -5.02. The van der Waals surface area contributed by atoms with Crippen molar-refractivity contribution in [2.45, 2.75) is 51.4 Å². The molecule has 0 saturated heterocycles. The van der Waals surface area contributed by atoms with Crippen molar-refractivity contribution in [2.24, 2.45) is 0 Å². The monoisotopic (exact) mass is 782 g/mol. The van der Waals surface area contributed by atoms with Gasteiger partial charge in [-0.15, -0.1) is 0 Å². The topological polar surface area (TPSA) is 55.4 Å². The van der Waals surface area contributed by atoms with E-state index in [9.17, 15) is 0 Å². The predicted molar refractivity (Wildman–Crippen MR) is 231 cm³/mol. The van der Waals surface area contributed by atoms with Gasteiger partial charge in [-0.3, -0.25) is 0 Å². The summed E-state index contributed by atoms with van der Waals surface area (Å²) in [5.41, 5.74) is 7.95. The van der Waals surface area contributed by atoms with E-state index in [4.69, 9.17) is 28.0 Å². The Labute approximate surface area is 333 Å². The third kappa shape index (κ3) is 7.97. The minimum atomic E-state index is -1.27. The van der Waals surface area contributed by atoms with E-state index in [2.05, 4.69) is 72.8 Å². The van der Waals surface area contributed by atoms with E-state index in [1.807, 2.05) is 48.5 Å².